The van der Waals surface area contributed by atoms with E-state index in [4.69, 9.17) is 24.5 Å². The predicted molar refractivity (Wildman–Crippen MR) is 182 cm³/mol. The van der Waals surface area contributed by atoms with Crippen molar-refractivity contribution in [3.63, 3.8) is 0 Å². The number of anilines is 3. The fraction of sp³-hybridized carbons (Fsp3) is 0.389. The minimum absolute atomic E-state index is 0.462. The highest BCUT2D eigenvalue weighted by molar-refractivity contribution is 5.66. The molecule has 46 heavy (non-hydrogen) atoms. The van der Waals surface area contributed by atoms with E-state index in [-0.39, 0.29) is 0 Å². The number of aromatic nitrogens is 3. The Hall–Kier alpha value is -4.54. The van der Waals surface area contributed by atoms with Crippen molar-refractivity contribution in [2.45, 2.75) is 59.8 Å². The molecule has 2 aromatic heterocycles. The minimum Gasteiger partial charge on any atom is -0.473 e. The molecular formula is C36H46N6O4. The summed E-state index contributed by atoms with van der Waals surface area (Å²) >= 11 is 0. The molecule has 1 amide bonds. The zero-order chi connectivity index (χ0) is 32.9. The number of nitrogens with zero attached hydrogens (tertiary/aromatic N) is 5. The Morgan fingerprint density at radius 2 is 1.61 bits per heavy atom. The van der Waals surface area contributed by atoms with Crippen LogP contribution in [0.2, 0.25) is 0 Å². The Kier molecular flexibility index (Phi) is 12.4. The topological polar surface area (TPSA) is 113 Å². The van der Waals surface area contributed by atoms with Crippen LogP contribution in [0.5, 0.6) is 5.88 Å². The molecule has 4 aromatic rings. The van der Waals surface area contributed by atoms with Crippen LogP contribution in [0.1, 0.15) is 51.4 Å². The van der Waals surface area contributed by atoms with E-state index in [9.17, 15) is 4.79 Å². The highest BCUT2D eigenvalue weighted by Gasteiger charge is 2.26. The molecule has 1 fully saturated rings. The Morgan fingerprint density at radius 3 is 2.28 bits per heavy atom. The summed E-state index contributed by atoms with van der Waals surface area (Å²) in [6, 6.07) is 23.7. The molecule has 0 radical (unpaired) electrons. The Balaban J connectivity index is 0.000000628. The standard InChI is InChI=1S/C30H30N6O3.C4H10O.C2H6/c37-21-35-14-13-25-26(19-35)32-29(34-30(25)36-15-17-38-18-16-36)23-9-11-24(12-10-23)31-27-7-4-8-28(33-27)39-20-22-5-2-1-3-6-22;1-4(2,3)5;1-2/h1-12,21H,13-20H2,(H,31,33);5H,1-3H3;1-2H3. The molecule has 10 heteroatoms. The van der Waals surface area contributed by atoms with Crippen molar-refractivity contribution in [2.75, 3.05) is 43.1 Å². The first kappa shape index (κ1) is 34.3. The Labute approximate surface area is 272 Å². The number of ether oxygens (including phenoxy) is 2. The second-order valence-electron chi connectivity index (χ2n) is 11.7. The minimum atomic E-state index is -0.500. The van der Waals surface area contributed by atoms with Crippen LogP contribution < -0.4 is 15.0 Å². The number of hydrogen-bond donors (Lipinski definition) is 2. The third kappa shape index (κ3) is 10.3. The fourth-order valence-electron chi connectivity index (χ4n) is 4.83. The molecule has 1 saturated heterocycles. The SMILES string of the molecule is CC.CC(C)(C)O.O=CN1CCc2c(nc(-c3ccc(Nc4cccc(OCc5ccccc5)n4)cc3)nc2N2CCOCC2)C1. The van der Waals surface area contributed by atoms with Gasteiger partial charge in [-0.05, 0) is 63.1 Å². The first-order valence-electron chi connectivity index (χ1n) is 15.9. The molecule has 0 aliphatic carbocycles. The lowest BCUT2D eigenvalue weighted by molar-refractivity contribution is -0.119. The normalized spacial score (nSPS) is 14.1. The second-order valence-corrected chi connectivity index (χ2v) is 11.7. The monoisotopic (exact) mass is 626 g/mol. The van der Waals surface area contributed by atoms with E-state index in [0.717, 1.165) is 59.8 Å². The van der Waals surface area contributed by atoms with Gasteiger partial charge in [-0.1, -0.05) is 50.2 Å². The fourth-order valence-corrected chi connectivity index (χ4v) is 4.83. The highest BCUT2D eigenvalue weighted by Crippen LogP contribution is 2.30. The van der Waals surface area contributed by atoms with Gasteiger partial charge in [0, 0.05) is 42.5 Å². The largest absolute Gasteiger partial charge is 0.473 e. The van der Waals surface area contributed by atoms with E-state index in [1.807, 2.05) is 86.6 Å². The van der Waals surface area contributed by atoms with Crippen molar-refractivity contribution < 1.29 is 19.4 Å². The number of hydrogen-bond acceptors (Lipinski definition) is 9. The average Bonchev–Trinajstić information content (AvgIpc) is 3.08. The number of aliphatic hydroxyl groups is 1. The van der Waals surface area contributed by atoms with Gasteiger partial charge < -0.3 is 29.7 Å². The van der Waals surface area contributed by atoms with Crippen molar-refractivity contribution in [3.8, 4) is 17.3 Å². The Morgan fingerprint density at radius 1 is 0.913 bits per heavy atom. The van der Waals surface area contributed by atoms with E-state index in [1.54, 1.807) is 25.7 Å². The van der Waals surface area contributed by atoms with E-state index >= 15 is 0 Å². The van der Waals surface area contributed by atoms with Crippen LogP contribution in [0.3, 0.4) is 0 Å². The zero-order valence-corrected chi connectivity index (χ0v) is 27.6. The smallest absolute Gasteiger partial charge is 0.215 e. The number of pyridine rings is 1. The maximum absolute atomic E-state index is 11.5. The summed E-state index contributed by atoms with van der Waals surface area (Å²) in [7, 11) is 0. The van der Waals surface area contributed by atoms with Crippen LogP contribution >= 0.6 is 0 Å². The van der Waals surface area contributed by atoms with Crippen molar-refractivity contribution in [2.24, 2.45) is 0 Å². The first-order valence-corrected chi connectivity index (χ1v) is 15.9. The lowest BCUT2D eigenvalue weighted by atomic mass is 10.0. The van der Waals surface area contributed by atoms with Gasteiger partial charge in [0.15, 0.2) is 5.82 Å². The third-order valence-corrected chi connectivity index (χ3v) is 6.90. The molecule has 2 aliphatic heterocycles. The zero-order valence-electron chi connectivity index (χ0n) is 27.6. The van der Waals surface area contributed by atoms with Crippen molar-refractivity contribution >= 4 is 23.7 Å². The van der Waals surface area contributed by atoms with Gasteiger partial charge in [-0.3, -0.25) is 4.79 Å². The van der Waals surface area contributed by atoms with Gasteiger partial charge >= 0.3 is 0 Å². The van der Waals surface area contributed by atoms with E-state index in [2.05, 4.69) is 15.2 Å². The van der Waals surface area contributed by atoms with Crippen molar-refractivity contribution in [1.29, 1.82) is 0 Å². The van der Waals surface area contributed by atoms with Crippen LogP contribution in [0.15, 0.2) is 72.8 Å². The molecule has 244 valence electrons. The van der Waals surface area contributed by atoms with Crippen LogP contribution in [0, 0.1) is 0 Å². The van der Waals surface area contributed by atoms with Crippen LogP contribution in [0.25, 0.3) is 11.4 Å². The summed E-state index contributed by atoms with van der Waals surface area (Å²) in [4.78, 5) is 30.0. The van der Waals surface area contributed by atoms with E-state index in [0.29, 0.717) is 50.4 Å². The quantitative estimate of drug-likeness (QED) is 0.227. The van der Waals surface area contributed by atoms with Gasteiger partial charge in [0.2, 0.25) is 12.3 Å². The first-order chi connectivity index (χ1) is 22.2. The summed E-state index contributed by atoms with van der Waals surface area (Å²) in [5.74, 6) is 2.87. The molecule has 10 nitrogen and oxygen atoms in total. The van der Waals surface area contributed by atoms with Gasteiger partial charge in [-0.25, -0.2) is 9.97 Å². The second kappa shape index (κ2) is 16.7. The molecule has 6 rings (SSSR count). The number of nitrogens with one attached hydrogen (secondary N) is 1. The maximum Gasteiger partial charge on any atom is 0.215 e. The van der Waals surface area contributed by atoms with Gasteiger partial charge in [0.1, 0.15) is 18.2 Å². The van der Waals surface area contributed by atoms with E-state index < -0.39 is 5.60 Å². The molecule has 0 saturated carbocycles. The maximum atomic E-state index is 11.5. The van der Waals surface area contributed by atoms with Crippen molar-refractivity contribution in [1.82, 2.24) is 19.9 Å². The molecule has 0 unspecified atom stereocenters. The molecule has 0 atom stereocenters. The number of benzene rings is 2. The summed E-state index contributed by atoms with van der Waals surface area (Å²) < 4.78 is 11.4. The van der Waals surface area contributed by atoms with Crippen LogP contribution in [-0.2, 0) is 29.1 Å². The molecule has 2 aliphatic rings. The van der Waals surface area contributed by atoms with Gasteiger partial charge in [0.25, 0.3) is 0 Å². The van der Waals surface area contributed by atoms with E-state index in [1.165, 1.54) is 0 Å². The van der Waals surface area contributed by atoms with Crippen LogP contribution in [0.4, 0.5) is 17.3 Å². The number of carbonyl (C=O) groups excluding carboxylic acids is 1. The molecule has 4 heterocycles. The summed E-state index contributed by atoms with van der Waals surface area (Å²) in [6.07, 6.45) is 1.65. The van der Waals surface area contributed by atoms with Gasteiger partial charge in [-0.15, -0.1) is 0 Å². The predicted octanol–water partition coefficient (Wildman–Crippen LogP) is 6.02. The average molecular weight is 627 g/mol. The number of amides is 1. The summed E-state index contributed by atoms with van der Waals surface area (Å²) in [6.45, 7) is 13.8. The lowest BCUT2D eigenvalue weighted by Gasteiger charge is -2.33. The number of fused-ring (bicyclic) bond motifs is 1. The number of rotatable bonds is 8. The van der Waals surface area contributed by atoms with Gasteiger partial charge in [0.05, 0.1) is 31.1 Å². The third-order valence-electron chi connectivity index (χ3n) is 6.90. The molecular weight excluding hydrogens is 580 g/mol. The Bertz CT molecular complexity index is 1510. The van der Waals surface area contributed by atoms with Crippen LogP contribution in [-0.4, -0.2) is 69.8 Å². The molecule has 0 bridgehead atoms. The molecule has 2 aromatic carbocycles. The number of morpholine rings is 1. The molecule has 0 spiro atoms. The van der Waals surface area contributed by atoms with Crippen molar-refractivity contribution in [3.05, 3.63) is 89.6 Å². The van der Waals surface area contributed by atoms with Gasteiger partial charge in [-0.2, -0.15) is 4.98 Å². The summed E-state index contributed by atoms with van der Waals surface area (Å²) in [5.41, 5.74) is 4.45. The highest BCUT2D eigenvalue weighted by atomic mass is 16.5. The lowest BCUT2D eigenvalue weighted by Crippen LogP contribution is -2.39. The summed E-state index contributed by atoms with van der Waals surface area (Å²) in [5, 5.41) is 11.9. The number of carbonyl (C=O) groups is 1. The molecule has 2 N–H and O–H groups in total.